The summed E-state index contributed by atoms with van der Waals surface area (Å²) in [6.45, 7) is 0. The van der Waals surface area contributed by atoms with Crippen LogP contribution in [0.25, 0.3) is 0 Å². The highest BCUT2D eigenvalue weighted by Gasteiger charge is 2.32. The molecule has 0 radical (unpaired) electrons. The van der Waals surface area contributed by atoms with E-state index in [0.29, 0.717) is 5.56 Å². The average molecular weight is 288 g/mol. The lowest BCUT2D eigenvalue weighted by molar-refractivity contribution is 0.0836. The van der Waals surface area contributed by atoms with Crippen LogP contribution in [0.1, 0.15) is 28.4 Å². The largest absolute Gasteiger partial charge is 0.508 e. The second-order valence-corrected chi connectivity index (χ2v) is 4.82. The van der Waals surface area contributed by atoms with Gasteiger partial charge in [0, 0.05) is 11.6 Å². The lowest BCUT2D eigenvalue weighted by Crippen LogP contribution is -2.20. The van der Waals surface area contributed by atoms with Crippen LogP contribution in [-0.4, -0.2) is 26.2 Å². The van der Waals surface area contributed by atoms with Crippen molar-refractivity contribution < 1.29 is 30.0 Å². The monoisotopic (exact) mass is 288 g/mol. The molecule has 0 saturated heterocycles. The van der Waals surface area contributed by atoms with E-state index in [9.17, 15) is 25.2 Å². The Hall–Kier alpha value is -2.89. The molecule has 0 spiro atoms. The zero-order valence-electron chi connectivity index (χ0n) is 10.8. The molecule has 0 amide bonds. The maximum atomic E-state index is 12.1. The SMILES string of the molecule is O=C1C[C@@H](c2cc(O)cc(O)c2)Oc2c(O)ccc(O)c21. The predicted octanol–water partition coefficient (Wildman–Crippen LogP) is 2.22. The molecule has 4 N–H and O–H groups in total. The third kappa shape index (κ3) is 2.20. The maximum absolute atomic E-state index is 12.1. The van der Waals surface area contributed by atoms with E-state index in [1.165, 1.54) is 24.3 Å². The first-order valence-corrected chi connectivity index (χ1v) is 6.23. The van der Waals surface area contributed by atoms with Gasteiger partial charge < -0.3 is 25.2 Å². The van der Waals surface area contributed by atoms with Gasteiger partial charge in [-0.05, 0) is 24.3 Å². The number of phenols is 4. The Balaban J connectivity index is 2.06. The molecule has 1 aliphatic heterocycles. The maximum Gasteiger partial charge on any atom is 0.176 e. The topological polar surface area (TPSA) is 107 Å². The number of aromatic hydroxyl groups is 4. The Kier molecular flexibility index (Phi) is 2.86. The van der Waals surface area contributed by atoms with E-state index in [1.807, 2.05) is 0 Å². The van der Waals surface area contributed by atoms with Crippen LogP contribution in [0.2, 0.25) is 0 Å². The van der Waals surface area contributed by atoms with Gasteiger partial charge in [0.15, 0.2) is 17.3 Å². The van der Waals surface area contributed by atoms with Crippen LogP contribution in [0.4, 0.5) is 0 Å². The second kappa shape index (κ2) is 4.59. The third-order valence-electron chi connectivity index (χ3n) is 3.32. The van der Waals surface area contributed by atoms with Gasteiger partial charge in [0.1, 0.15) is 28.9 Å². The quantitative estimate of drug-likeness (QED) is 0.599. The predicted molar refractivity (Wildman–Crippen MR) is 71.9 cm³/mol. The first-order chi connectivity index (χ1) is 9.95. The molecule has 21 heavy (non-hydrogen) atoms. The van der Waals surface area contributed by atoms with Gasteiger partial charge in [-0.15, -0.1) is 0 Å². The Bertz CT molecular complexity index is 717. The molecular formula is C15H12O6. The Morgan fingerprint density at radius 2 is 1.57 bits per heavy atom. The summed E-state index contributed by atoms with van der Waals surface area (Å²) in [5.74, 6) is -1.33. The van der Waals surface area contributed by atoms with Crippen LogP contribution in [0.15, 0.2) is 30.3 Å². The van der Waals surface area contributed by atoms with Crippen molar-refractivity contribution in [3.05, 3.63) is 41.5 Å². The van der Waals surface area contributed by atoms with Crippen LogP contribution in [0, 0.1) is 0 Å². The molecule has 0 aliphatic carbocycles. The van der Waals surface area contributed by atoms with Gasteiger partial charge >= 0.3 is 0 Å². The summed E-state index contributed by atoms with van der Waals surface area (Å²) in [6, 6.07) is 6.33. The Labute approximate surface area is 119 Å². The summed E-state index contributed by atoms with van der Waals surface area (Å²) in [5.41, 5.74) is 0.338. The number of Topliss-reactive ketones (excluding diaryl/α,β-unsaturated/α-hetero) is 1. The van der Waals surface area contributed by atoms with Crippen LogP contribution >= 0.6 is 0 Å². The molecule has 0 unspecified atom stereocenters. The van der Waals surface area contributed by atoms with E-state index in [2.05, 4.69) is 0 Å². The van der Waals surface area contributed by atoms with Gasteiger partial charge in [0.2, 0.25) is 0 Å². The molecule has 0 bridgehead atoms. The molecule has 0 fully saturated rings. The molecule has 1 aliphatic rings. The highest BCUT2D eigenvalue weighted by molar-refractivity contribution is 6.03. The van der Waals surface area contributed by atoms with E-state index in [1.54, 1.807) is 0 Å². The second-order valence-electron chi connectivity index (χ2n) is 4.82. The van der Waals surface area contributed by atoms with Gasteiger partial charge in [-0.3, -0.25) is 4.79 Å². The van der Waals surface area contributed by atoms with Crippen LogP contribution < -0.4 is 4.74 Å². The minimum Gasteiger partial charge on any atom is -0.508 e. The molecule has 0 saturated carbocycles. The number of ether oxygens (including phenoxy) is 1. The number of hydrogen-bond acceptors (Lipinski definition) is 6. The van der Waals surface area contributed by atoms with E-state index in [-0.39, 0.29) is 40.7 Å². The number of hydrogen-bond donors (Lipinski definition) is 4. The smallest absolute Gasteiger partial charge is 0.176 e. The number of fused-ring (bicyclic) bond motifs is 1. The first kappa shape index (κ1) is 13.1. The highest BCUT2D eigenvalue weighted by Crippen LogP contribution is 2.44. The number of carbonyl (C=O) groups excluding carboxylic acids is 1. The summed E-state index contributed by atoms with van der Waals surface area (Å²) in [7, 11) is 0. The van der Waals surface area contributed by atoms with Crippen LogP contribution in [0.3, 0.4) is 0 Å². The molecule has 1 heterocycles. The van der Waals surface area contributed by atoms with Gasteiger partial charge in [-0.1, -0.05) is 0 Å². The van der Waals surface area contributed by atoms with E-state index >= 15 is 0 Å². The molecule has 2 aromatic rings. The lowest BCUT2D eigenvalue weighted by atomic mass is 9.95. The van der Waals surface area contributed by atoms with Crippen molar-refractivity contribution in [2.45, 2.75) is 12.5 Å². The zero-order chi connectivity index (χ0) is 15.1. The number of benzene rings is 2. The van der Waals surface area contributed by atoms with Gasteiger partial charge in [0.25, 0.3) is 0 Å². The molecule has 2 aromatic carbocycles. The molecule has 108 valence electrons. The van der Waals surface area contributed by atoms with Gasteiger partial charge in [-0.25, -0.2) is 0 Å². The Morgan fingerprint density at radius 1 is 0.952 bits per heavy atom. The molecular weight excluding hydrogens is 276 g/mol. The number of rotatable bonds is 1. The standard InChI is InChI=1S/C15H12O6/c16-8-3-7(4-9(17)5-8)13-6-12(20)14-10(18)1-2-11(19)15(14)21-13/h1-5,13,16-19H,6H2/t13-/m0/s1. The van der Waals surface area contributed by atoms with Crippen molar-refractivity contribution in [1.82, 2.24) is 0 Å². The normalized spacial score (nSPS) is 17.1. The Morgan fingerprint density at radius 3 is 2.24 bits per heavy atom. The fourth-order valence-electron chi connectivity index (χ4n) is 2.39. The van der Waals surface area contributed by atoms with Crippen molar-refractivity contribution in [2.75, 3.05) is 0 Å². The summed E-state index contributed by atoms with van der Waals surface area (Å²) in [5, 5.41) is 38.5. The van der Waals surface area contributed by atoms with Gasteiger partial charge in [-0.2, -0.15) is 0 Å². The van der Waals surface area contributed by atoms with E-state index < -0.39 is 11.9 Å². The summed E-state index contributed by atoms with van der Waals surface area (Å²) in [4.78, 5) is 12.1. The minimum atomic E-state index is -0.768. The number of ketones is 1. The minimum absolute atomic E-state index is 0.0596. The van der Waals surface area contributed by atoms with Crippen LogP contribution in [0.5, 0.6) is 28.7 Å². The van der Waals surface area contributed by atoms with Gasteiger partial charge in [0.05, 0.1) is 6.42 Å². The third-order valence-corrected chi connectivity index (χ3v) is 3.32. The van der Waals surface area contributed by atoms with Crippen molar-refractivity contribution in [1.29, 1.82) is 0 Å². The van der Waals surface area contributed by atoms with Crippen molar-refractivity contribution in [3.63, 3.8) is 0 Å². The molecule has 3 rings (SSSR count). The zero-order valence-corrected chi connectivity index (χ0v) is 10.8. The summed E-state index contributed by atoms with van der Waals surface area (Å²) < 4.78 is 5.56. The molecule has 6 heteroatoms. The number of carbonyl (C=O) groups is 1. The van der Waals surface area contributed by atoms with E-state index in [0.717, 1.165) is 6.07 Å². The molecule has 6 nitrogen and oxygen atoms in total. The average Bonchev–Trinajstić information content (AvgIpc) is 2.41. The fourth-order valence-corrected chi connectivity index (χ4v) is 2.39. The summed E-state index contributed by atoms with van der Waals surface area (Å²) in [6.07, 6.45) is -0.844. The van der Waals surface area contributed by atoms with Crippen molar-refractivity contribution in [2.24, 2.45) is 0 Å². The number of phenolic OH excluding ortho intramolecular Hbond substituents is 4. The van der Waals surface area contributed by atoms with Crippen molar-refractivity contribution in [3.8, 4) is 28.7 Å². The molecule has 1 atom stereocenters. The van der Waals surface area contributed by atoms with Crippen LogP contribution in [-0.2, 0) is 0 Å². The lowest BCUT2D eigenvalue weighted by Gasteiger charge is -2.26. The van der Waals surface area contributed by atoms with E-state index in [4.69, 9.17) is 4.74 Å². The van der Waals surface area contributed by atoms with Crippen molar-refractivity contribution >= 4 is 5.78 Å². The highest BCUT2D eigenvalue weighted by atomic mass is 16.5. The molecule has 0 aromatic heterocycles. The summed E-state index contributed by atoms with van der Waals surface area (Å²) >= 11 is 0. The fraction of sp³-hybridized carbons (Fsp3) is 0.133. The first-order valence-electron chi connectivity index (χ1n) is 6.23.